The molecule has 1 fully saturated rings. The molecule has 1 unspecified atom stereocenters. The molecule has 0 aromatic carbocycles. The average Bonchev–Trinajstić information content (AvgIpc) is 3.27. The number of H-pyrrole nitrogens is 1. The van der Waals surface area contributed by atoms with E-state index in [1.54, 1.807) is 10.9 Å². The van der Waals surface area contributed by atoms with Crippen molar-refractivity contribution in [1.29, 1.82) is 0 Å². The number of rotatable bonds is 3. The van der Waals surface area contributed by atoms with Gasteiger partial charge in [-0.3, -0.25) is 14.7 Å². The molecule has 150 valence electrons. The Labute approximate surface area is 162 Å². The maximum Gasteiger partial charge on any atom is 0.263 e. The van der Waals surface area contributed by atoms with Crippen LogP contribution in [0.5, 0.6) is 0 Å². The Kier molecular flexibility index (Phi) is 4.45. The van der Waals surface area contributed by atoms with Crippen LogP contribution in [0.3, 0.4) is 0 Å². The summed E-state index contributed by atoms with van der Waals surface area (Å²) in [5.41, 5.74) is 0.201. The van der Waals surface area contributed by atoms with E-state index in [-0.39, 0.29) is 17.1 Å². The van der Waals surface area contributed by atoms with Gasteiger partial charge in [0.1, 0.15) is 5.39 Å². The van der Waals surface area contributed by atoms with E-state index >= 15 is 0 Å². The zero-order chi connectivity index (χ0) is 20.1. The maximum absolute atomic E-state index is 12.5. The largest absolute Gasteiger partial charge is 0.340 e. The number of nitrogens with one attached hydrogen (secondary N) is 1. The highest BCUT2D eigenvalue weighted by atomic mass is 16.5. The summed E-state index contributed by atoms with van der Waals surface area (Å²) in [5, 5.41) is 8.76. The summed E-state index contributed by atoms with van der Waals surface area (Å²) in [5.74, 6) is 1.86. The molecule has 0 aliphatic carbocycles. The summed E-state index contributed by atoms with van der Waals surface area (Å²) < 4.78 is 7.11. The number of anilines is 1. The van der Waals surface area contributed by atoms with Gasteiger partial charge in [-0.1, -0.05) is 5.16 Å². The fraction of sp³-hybridized carbons (Fsp3) is 0.611. The molecule has 28 heavy (non-hydrogen) atoms. The van der Waals surface area contributed by atoms with Gasteiger partial charge in [0.2, 0.25) is 11.8 Å². The zero-order valence-corrected chi connectivity index (χ0v) is 16.9. The molecule has 0 radical (unpaired) electrons. The van der Waals surface area contributed by atoms with Crippen molar-refractivity contribution in [1.82, 2.24) is 34.8 Å². The van der Waals surface area contributed by atoms with Crippen LogP contribution in [-0.2, 0) is 5.54 Å². The minimum absolute atomic E-state index is 0.0557. The molecular formula is C18H26N8O2. The van der Waals surface area contributed by atoms with E-state index in [9.17, 15) is 4.79 Å². The summed E-state index contributed by atoms with van der Waals surface area (Å²) in [7, 11) is 0. The molecule has 0 spiro atoms. The number of piperazine rings is 1. The number of hydrogen-bond acceptors (Lipinski definition) is 8. The fourth-order valence-electron chi connectivity index (χ4n) is 3.51. The van der Waals surface area contributed by atoms with Gasteiger partial charge in [-0.2, -0.15) is 15.1 Å². The van der Waals surface area contributed by atoms with Gasteiger partial charge in [-0.25, -0.2) is 4.68 Å². The highest BCUT2D eigenvalue weighted by molar-refractivity contribution is 5.74. The molecule has 4 heterocycles. The first kappa shape index (κ1) is 18.6. The van der Waals surface area contributed by atoms with Gasteiger partial charge in [-0.05, 0) is 34.6 Å². The molecule has 1 aliphatic heterocycles. The van der Waals surface area contributed by atoms with E-state index in [0.717, 1.165) is 26.2 Å². The summed E-state index contributed by atoms with van der Waals surface area (Å²) in [6.07, 6.45) is 1.59. The van der Waals surface area contributed by atoms with Crippen molar-refractivity contribution >= 4 is 17.0 Å². The molecule has 0 bridgehead atoms. The predicted molar refractivity (Wildman–Crippen MR) is 104 cm³/mol. The molecule has 10 heteroatoms. The van der Waals surface area contributed by atoms with Crippen molar-refractivity contribution < 1.29 is 4.52 Å². The van der Waals surface area contributed by atoms with E-state index < -0.39 is 0 Å². The van der Waals surface area contributed by atoms with Crippen LogP contribution in [0.15, 0.2) is 15.5 Å². The standard InChI is InChI=1S/C18H26N8O2/c1-11(16-20-12(2)23-28-16)24-6-8-25(9-7-24)17-21-14-13(15(27)22-17)10-19-26(14)18(3,4)5/h10-11H,6-9H2,1-5H3,(H,21,22,27). The normalized spacial score (nSPS) is 17.4. The Balaban J connectivity index is 1.54. The molecule has 1 N–H and O–H groups in total. The van der Waals surface area contributed by atoms with E-state index in [1.165, 1.54) is 0 Å². The predicted octanol–water partition coefficient (Wildman–Crippen LogP) is 1.45. The molecule has 1 saturated heterocycles. The molecule has 3 aromatic rings. The van der Waals surface area contributed by atoms with Crippen LogP contribution in [0.4, 0.5) is 5.95 Å². The van der Waals surface area contributed by atoms with Crippen molar-refractivity contribution in [2.45, 2.75) is 46.2 Å². The molecule has 0 amide bonds. The van der Waals surface area contributed by atoms with Gasteiger partial charge in [0, 0.05) is 26.2 Å². The number of aromatic nitrogens is 6. The van der Waals surface area contributed by atoms with E-state index in [1.807, 2.05) is 27.7 Å². The first-order chi connectivity index (χ1) is 13.2. The Morgan fingerprint density at radius 1 is 1.18 bits per heavy atom. The summed E-state index contributed by atoms with van der Waals surface area (Å²) >= 11 is 0. The van der Waals surface area contributed by atoms with Gasteiger partial charge >= 0.3 is 0 Å². The maximum atomic E-state index is 12.5. The van der Waals surface area contributed by atoms with Crippen LogP contribution in [0, 0.1) is 6.92 Å². The third-order valence-corrected chi connectivity index (χ3v) is 5.12. The number of nitrogens with zero attached hydrogens (tertiary/aromatic N) is 7. The lowest BCUT2D eigenvalue weighted by Gasteiger charge is -2.37. The first-order valence-corrected chi connectivity index (χ1v) is 9.52. The summed E-state index contributed by atoms with van der Waals surface area (Å²) in [6, 6.07) is 0.0557. The monoisotopic (exact) mass is 386 g/mol. The lowest BCUT2D eigenvalue weighted by Crippen LogP contribution is -2.48. The molecule has 3 aromatic heterocycles. The van der Waals surface area contributed by atoms with E-state index in [4.69, 9.17) is 9.51 Å². The van der Waals surface area contributed by atoms with Gasteiger partial charge in [-0.15, -0.1) is 0 Å². The first-order valence-electron chi connectivity index (χ1n) is 9.52. The van der Waals surface area contributed by atoms with Gasteiger partial charge in [0.05, 0.1) is 17.8 Å². The van der Waals surface area contributed by atoms with Crippen LogP contribution in [0.25, 0.3) is 11.0 Å². The van der Waals surface area contributed by atoms with Crippen molar-refractivity contribution in [2.24, 2.45) is 0 Å². The van der Waals surface area contributed by atoms with Gasteiger partial charge in [0.15, 0.2) is 11.5 Å². The lowest BCUT2D eigenvalue weighted by atomic mass is 10.1. The Bertz CT molecular complexity index is 1040. The molecule has 4 rings (SSSR count). The third-order valence-electron chi connectivity index (χ3n) is 5.12. The minimum Gasteiger partial charge on any atom is -0.340 e. The average molecular weight is 386 g/mol. The van der Waals surface area contributed by atoms with Crippen molar-refractivity contribution in [3.8, 4) is 0 Å². The minimum atomic E-state index is -0.254. The number of aryl methyl sites for hydroxylation is 1. The molecule has 1 atom stereocenters. The topological polar surface area (TPSA) is 109 Å². The molecule has 0 saturated carbocycles. The number of aromatic amines is 1. The van der Waals surface area contributed by atoms with Crippen LogP contribution in [0.2, 0.25) is 0 Å². The van der Waals surface area contributed by atoms with Crippen molar-refractivity contribution in [3.63, 3.8) is 0 Å². The van der Waals surface area contributed by atoms with Crippen LogP contribution in [0.1, 0.15) is 45.5 Å². The van der Waals surface area contributed by atoms with Crippen molar-refractivity contribution in [3.05, 3.63) is 28.3 Å². The second-order valence-electron chi connectivity index (χ2n) is 8.23. The smallest absolute Gasteiger partial charge is 0.263 e. The van der Waals surface area contributed by atoms with Crippen molar-refractivity contribution in [2.75, 3.05) is 31.1 Å². The quantitative estimate of drug-likeness (QED) is 0.720. The van der Waals surface area contributed by atoms with Crippen LogP contribution in [-0.4, -0.2) is 61.0 Å². The van der Waals surface area contributed by atoms with Gasteiger partial charge in [0.25, 0.3) is 5.56 Å². The third kappa shape index (κ3) is 3.28. The molecule has 10 nitrogen and oxygen atoms in total. The summed E-state index contributed by atoms with van der Waals surface area (Å²) in [4.78, 5) is 28.9. The van der Waals surface area contributed by atoms with Crippen LogP contribution < -0.4 is 10.5 Å². The van der Waals surface area contributed by atoms with E-state index in [2.05, 4.69) is 36.9 Å². The van der Waals surface area contributed by atoms with Crippen LogP contribution >= 0.6 is 0 Å². The van der Waals surface area contributed by atoms with E-state index in [0.29, 0.717) is 28.7 Å². The lowest BCUT2D eigenvalue weighted by molar-refractivity contribution is 0.163. The highest BCUT2D eigenvalue weighted by Crippen LogP contribution is 2.23. The Morgan fingerprint density at radius 2 is 1.89 bits per heavy atom. The zero-order valence-electron chi connectivity index (χ0n) is 16.9. The number of fused-ring (bicyclic) bond motifs is 1. The molecular weight excluding hydrogens is 360 g/mol. The number of hydrogen-bond donors (Lipinski definition) is 1. The second-order valence-corrected chi connectivity index (χ2v) is 8.23. The Hall–Kier alpha value is -2.75. The second kappa shape index (κ2) is 6.69. The Morgan fingerprint density at radius 3 is 2.50 bits per heavy atom. The summed E-state index contributed by atoms with van der Waals surface area (Å²) in [6.45, 7) is 13.1. The van der Waals surface area contributed by atoms with Gasteiger partial charge < -0.3 is 9.42 Å². The SMILES string of the molecule is Cc1noc(C(C)N2CCN(c3nc4c(cnn4C(C)(C)C)c(=O)[nH]3)CC2)n1. The highest BCUT2D eigenvalue weighted by Gasteiger charge is 2.27. The fourth-order valence-corrected chi connectivity index (χ4v) is 3.51. The molecule has 1 aliphatic rings.